The van der Waals surface area contributed by atoms with Crippen LogP contribution in [0.25, 0.3) is 0 Å². The van der Waals surface area contributed by atoms with E-state index < -0.39 is 0 Å². The van der Waals surface area contributed by atoms with E-state index in [-0.39, 0.29) is 0 Å². The molecule has 1 saturated heterocycles. The first-order valence-electron chi connectivity index (χ1n) is 4.31. The second-order valence-corrected chi connectivity index (χ2v) is 4.80. The van der Waals surface area contributed by atoms with Gasteiger partial charge in [0.25, 0.3) is 0 Å². The molecule has 0 atom stereocenters. The number of hydrogen-bond donors (Lipinski definition) is 0. The second kappa shape index (κ2) is 4.44. The van der Waals surface area contributed by atoms with Crippen molar-refractivity contribution >= 4 is 28.3 Å². The number of nitrogens with zero attached hydrogens (tertiary/aromatic N) is 2. The maximum absolute atomic E-state index is 5.23. The van der Waals surface area contributed by atoms with Crippen LogP contribution in [-0.2, 0) is 0 Å². The van der Waals surface area contributed by atoms with Crippen LogP contribution < -0.4 is 0 Å². The third kappa shape index (κ3) is 2.34. The first-order valence-corrected chi connectivity index (χ1v) is 5.70. The van der Waals surface area contributed by atoms with Crippen LogP contribution in [-0.4, -0.2) is 39.3 Å². The van der Waals surface area contributed by atoms with E-state index in [0.717, 1.165) is 23.4 Å². The highest BCUT2D eigenvalue weighted by atomic mass is 32.2. The highest BCUT2D eigenvalue weighted by Gasteiger charge is 2.21. The number of thiocarbonyl (C=S) groups is 1. The van der Waals surface area contributed by atoms with E-state index in [1.54, 1.807) is 11.8 Å². The minimum Gasteiger partial charge on any atom is -0.345 e. The maximum Gasteiger partial charge on any atom is 0.138 e. The molecule has 2 nitrogen and oxygen atoms in total. The van der Waals surface area contributed by atoms with E-state index in [0.29, 0.717) is 6.04 Å². The van der Waals surface area contributed by atoms with Crippen LogP contribution in [0.1, 0.15) is 20.8 Å². The molecule has 0 aromatic carbocycles. The summed E-state index contributed by atoms with van der Waals surface area (Å²) in [6, 6.07) is 0.620. The van der Waals surface area contributed by atoms with Crippen molar-refractivity contribution in [3.63, 3.8) is 0 Å². The molecule has 1 fully saturated rings. The van der Waals surface area contributed by atoms with Gasteiger partial charge in [-0.3, -0.25) is 4.90 Å². The Balaban J connectivity index is 2.49. The Morgan fingerprint density at radius 2 is 2.25 bits per heavy atom. The first kappa shape index (κ1) is 10.3. The maximum atomic E-state index is 5.23. The minimum absolute atomic E-state index is 0.620. The van der Waals surface area contributed by atoms with Gasteiger partial charge in [0, 0.05) is 12.6 Å². The average Bonchev–Trinajstić information content (AvgIpc) is 2.05. The molecule has 1 heterocycles. The van der Waals surface area contributed by atoms with Crippen molar-refractivity contribution in [2.45, 2.75) is 26.8 Å². The topological polar surface area (TPSA) is 6.48 Å². The van der Waals surface area contributed by atoms with Crippen molar-refractivity contribution in [3.05, 3.63) is 0 Å². The van der Waals surface area contributed by atoms with Crippen molar-refractivity contribution in [2.24, 2.45) is 0 Å². The van der Waals surface area contributed by atoms with Gasteiger partial charge in [0.15, 0.2) is 0 Å². The van der Waals surface area contributed by atoms with Crippen molar-refractivity contribution in [1.29, 1.82) is 0 Å². The molecule has 0 amide bonds. The molecule has 0 aromatic rings. The van der Waals surface area contributed by atoms with Crippen LogP contribution in [0, 0.1) is 0 Å². The average molecular weight is 204 g/mol. The molecule has 1 aliphatic rings. The number of thioether (sulfide) groups is 1. The van der Waals surface area contributed by atoms with Crippen LogP contribution in [0.2, 0.25) is 0 Å². The van der Waals surface area contributed by atoms with E-state index in [2.05, 4.69) is 30.6 Å². The summed E-state index contributed by atoms with van der Waals surface area (Å²) in [5, 5.41) is 0. The molecule has 0 radical (unpaired) electrons. The Morgan fingerprint density at radius 1 is 1.58 bits per heavy atom. The Morgan fingerprint density at radius 3 is 2.75 bits per heavy atom. The molecule has 4 heteroatoms. The zero-order valence-electron chi connectivity index (χ0n) is 7.91. The molecule has 0 aliphatic carbocycles. The lowest BCUT2D eigenvalue weighted by Gasteiger charge is -2.38. The highest BCUT2D eigenvalue weighted by molar-refractivity contribution is 8.22. The standard InChI is InChI=1S/C8H16N2S2/c1-4-9-5-10(7(2)3)6-12-8(9)11/h7H,4-6H2,1-3H3. The molecule has 12 heavy (non-hydrogen) atoms. The second-order valence-electron chi connectivity index (χ2n) is 3.22. The van der Waals surface area contributed by atoms with Crippen LogP contribution in [0.3, 0.4) is 0 Å². The van der Waals surface area contributed by atoms with Gasteiger partial charge in [0.2, 0.25) is 0 Å². The summed E-state index contributed by atoms with van der Waals surface area (Å²) in [5.74, 6) is 1.05. The van der Waals surface area contributed by atoms with Gasteiger partial charge in [-0.15, -0.1) is 0 Å². The molecular weight excluding hydrogens is 188 g/mol. The van der Waals surface area contributed by atoms with Gasteiger partial charge in [-0.2, -0.15) is 0 Å². The summed E-state index contributed by atoms with van der Waals surface area (Å²) in [6.07, 6.45) is 0. The van der Waals surface area contributed by atoms with Crippen molar-refractivity contribution in [3.8, 4) is 0 Å². The summed E-state index contributed by atoms with van der Waals surface area (Å²) in [7, 11) is 0. The van der Waals surface area contributed by atoms with E-state index in [9.17, 15) is 0 Å². The fourth-order valence-corrected chi connectivity index (χ4v) is 2.46. The molecule has 0 spiro atoms. The molecule has 0 bridgehead atoms. The fourth-order valence-electron chi connectivity index (χ4n) is 1.09. The van der Waals surface area contributed by atoms with Crippen molar-refractivity contribution < 1.29 is 0 Å². The van der Waals surface area contributed by atoms with Crippen LogP contribution in [0.15, 0.2) is 0 Å². The van der Waals surface area contributed by atoms with Crippen LogP contribution >= 0.6 is 24.0 Å². The molecule has 1 aliphatic heterocycles. The van der Waals surface area contributed by atoms with Gasteiger partial charge >= 0.3 is 0 Å². The summed E-state index contributed by atoms with van der Waals surface area (Å²) in [4.78, 5) is 4.66. The third-order valence-electron chi connectivity index (χ3n) is 2.08. The Kier molecular flexibility index (Phi) is 3.80. The SMILES string of the molecule is CCN1CN(C(C)C)CSC1=S. The molecule has 70 valence electrons. The lowest BCUT2D eigenvalue weighted by Crippen LogP contribution is -2.47. The first-order chi connectivity index (χ1) is 5.65. The summed E-state index contributed by atoms with van der Waals surface area (Å²) >= 11 is 7.00. The Bertz CT molecular complexity index is 170. The zero-order valence-corrected chi connectivity index (χ0v) is 9.54. The lowest BCUT2D eigenvalue weighted by atomic mass is 10.3. The quantitative estimate of drug-likeness (QED) is 0.634. The monoisotopic (exact) mass is 204 g/mol. The van der Waals surface area contributed by atoms with Gasteiger partial charge in [0.05, 0.1) is 12.5 Å². The lowest BCUT2D eigenvalue weighted by molar-refractivity contribution is 0.179. The van der Waals surface area contributed by atoms with Crippen molar-refractivity contribution in [1.82, 2.24) is 9.80 Å². The van der Waals surface area contributed by atoms with Gasteiger partial charge in [0.1, 0.15) is 4.32 Å². The van der Waals surface area contributed by atoms with Crippen LogP contribution in [0.5, 0.6) is 0 Å². The molecule has 1 rings (SSSR count). The minimum atomic E-state index is 0.620. The number of rotatable bonds is 2. The predicted molar refractivity (Wildman–Crippen MR) is 59.3 cm³/mol. The molecule has 0 unspecified atom stereocenters. The van der Waals surface area contributed by atoms with Gasteiger partial charge in [-0.1, -0.05) is 24.0 Å². The van der Waals surface area contributed by atoms with E-state index in [1.807, 2.05) is 0 Å². The summed E-state index contributed by atoms with van der Waals surface area (Å²) < 4.78 is 1.05. The van der Waals surface area contributed by atoms with Crippen molar-refractivity contribution in [2.75, 3.05) is 19.1 Å². The van der Waals surface area contributed by atoms with Gasteiger partial charge in [-0.25, -0.2) is 0 Å². The third-order valence-corrected chi connectivity index (χ3v) is 3.65. The van der Waals surface area contributed by atoms with E-state index >= 15 is 0 Å². The van der Waals surface area contributed by atoms with E-state index in [1.165, 1.54) is 0 Å². The fraction of sp³-hybridized carbons (Fsp3) is 0.875. The smallest absolute Gasteiger partial charge is 0.138 e. The van der Waals surface area contributed by atoms with Gasteiger partial charge < -0.3 is 4.90 Å². The van der Waals surface area contributed by atoms with Gasteiger partial charge in [-0.05, 0) is 20.8 Å². The van der Waals surface area contributed by atoms with Crippen LogP contribution in [0.4, 0.5) is 0 Å². The Hall–Kier alpha value is 0.200. The van der Waals surface area contributed by atoms with E-state index in [4.69, 9.17) is 12.2 Å². The largest absolute Gasteiger partial charge is 0.345 e. The number of hydrogen-bond acceptors (Lipinski definition) is 3. The molecule has 0 N–H and O–H groups in total. The summed E-state index contributed by atoms with van der Waals surface area (Å²) in [6.45, 7) is 8.62. The molecular formula is C8H16N2S2. The molecule has 0 saturated carbocycles. The normalized spacial score (nSPS) is 20.7. The molecule has 0 aromatic heterocycles. The summed E-state index contributed by atoms with van der Waals surface area (Å²) in [5.41, 5.74) is 0. The highest BCUT2D eigenvalue weighted by Crippen LogP contribution is 2.19. The zero-order chi connectivity index (χ0) is 9.14. The Labute approximate surface area is 84.3 Å². The predicted octanol–water partition coefficient (Wildman–Crippen LogP) is 1.97.